The molecule has 1 aromatic heterocycles. The summed E-state index contributed by atoms with van der Waals surface area (Å²) in [7, 11) is 0. The van der Waals surface area contributed by atoms with Gasteiger partial charge in [0.05, 0.1) is 0 Å². The molecule has 0 bridgehead atoms. The van der Waals surface area contributed by atoms with Gasteiger partial charge in [-0.05, 0) is 42.3 Å². The number of aryl methyl sites for hydroxylation is 1. The molecular formula is C19H17ClN4O. The summed E-state index contributed by atoms with van der Waals surface area (Å²) in [4.78, 5) is 20.9. The fourth-order valence-electron chi connectivity index (χ4n) is 2.38. The summed E-state index contributed by atoms with van der Waals surface area (Å²) in [5, 5.41) is 6.49. The van der Waals surface area contributed by atoms with E-state index in [4.69, 9.17) is 11.6 Å². The summed E-state index contributed by atoms with van der Waals surface area (Å²) in [6, 6.07) is 16.5. The van der Waals surface area contributed by atoms with E-state index in [1.165, 1.54) is 0 Å². The van der Waals surface area contributed by atoms with Crippen LogP contribution in [0.2, 0.25) is 5.02 Å². The van der Waals surface area contributed by atoms with Gasteiger partial charge in [0.15, 0.2) is 0 Å². The molecule has 0 radical (unpaired) electrons. The molecule has 0 aliphatic carbocycles. The summed E-state index contributed by atoms with van der Waals surface area (Å²) < 4.78 is 0. The van der Waals surface area contributed by atoms with E-state index in [0.29, 0.717) is 16.7 Å². The van der Waals surface area contributed by atoms with Crippen LogP contribution in [-0.4, -0.2) is 15.9 Å². The molecule has 0 spiro atoms. The Morgan fingerprint density at radius 1 is 1.12 bits per heavy atom. The first-order chi connectivity index (χ1) is 12.2. The van der Waals surface area contributed by atoms with Crippen LogP contribution in [0, 0.1) is 0 Å². The summed E-state index contributed by atoms with van der Waals surface area (Å²) in [6.45, 7) is 2.08. The third-order valence-electron chi connectivity index (χ3n) is 3.62. The molecule has 6 heteroatoms. The van der Waals surface area contributed by atoms with Gasteiger partial charge in [-0.25, -0.2) is 9.97 Å². The maximum Gasteiger partial charge on any atom is 0.274 e. The first-order valence-corrected chi connectivity index (χ1v) is 8.28. The third kappa shape index (κ3) is 4.33. The topological polar surface area (TPSA) is 66.9 Å². The first-order valence-electron chi connectivity index (χ1n) is 7.90. The van der Waals surface area contributed by atoms with Crippen molar-refractivity contribution in [1.29, 1.82) is 0 Å². The number of anilines is 3. The summed E-state index contributed by atoms with van der Waals surface area (Å²) in [5.74, 6) is 0.0520. The number of para-hydroxylation sites is 1. The quantitative estimate of drug-likeness (QED) is 0.699. The lowest BCUT2D eigenvalue weighted by Gasteiger charge is -2.10. The van der Waals surface area contributed by atoms with Crippen LogP contribution in [0.4, 0.5) is 17.3 Å². The van der Waals surface area contributed by atoms with E-state index < -0.39 is 0 Å². The molecule has 0 atom stereocenters. The minimum atomic E-state index is -0.323. The number of nitrogens with zero attached hydrogens (tertiary/aromatic N) is 2. The first kappa shape index (κ1) is 16.9. The van der Waals surface area contributed by atoms with Crippen molar-refractivity contribution in [2.45, 2.75) is 13.3 Å². The number of halogens is 1. The van der Waals surface area contributed by atoms with Crippen LogP contribution in [0.25, 0.3) is 0 Å². The SMILES string of the molecule is CCc1ccccc1Nc1nccc(C(=O)Nc2cccc(Cl)c2)n1. The Morgan fingerprint density at radius 2 is 1.96 bits per heavy atom. The lowest BCUT2D eigenvalue weighted by molar-refractivity contribution is 0.102. The van der Waals surface area contributed by atoms with Crippen LogP contribution >= 0.6 is 11.6 Å². The van der Waals surface area contributed by atoms with Gasteiger partial charge in [-0.2, -0.15) is 0 Å². The second kappa shape index (κ2) is 7.77. The van der Waals surface area contributed by atoms with Gasteiger partial charge in [-0.15, -0.1) is 0 Å². The van der Waals surface area contributed by atoms with E-state index in [9.17, 15) is 4.79 Å². The molecule has 5 nitrogen and oxygen atoms in total. The average molecular weight is 353 g/mol. The van der Waals surface area contributed by atoms with Gasteiger partial charge in [0.1, 0.15) is 5.69 Å². The van der Waals surface area contributed by atoms with E-state index in [1.54, 1.807) is 36.5 Å². The molecule has 3 aromatic rings. The molecule has 25 heavy (non-hydrogen) atoms. The number of hydrogen-bond acceptors (Lipinski definition) is 4. The van der Waals surface area contributed by atoms with E-state index >= 15 is 0 Å². The minimum absolute atomic E-state index is 0.270. The maximum atomic E-state index is 12.4. The van der Waals surface area contributed by atoms with Crippen molar-refractivity contribution in [2.75, 3.05) is 10.6 Å². The van der Waals surface area contributed by atoms with Crippen LogP contribution in [0.15, 0.2) is 60.8 Å². The molecule has 2 aromatic carbocycles. The number of benzene rings is 2. The fourth-order valence-corrected chi connectivity index (χ4v) is 2.57. The summed E-state index contributed by atoms with van der Waals surface area (Å²) >= 11 is 5.93. The van der Waals surface area contributed by atoms with E-state index in [1.807, 2.05) is 24.3 Å². The average Bonchev–Trinajstić information content (AvgIpc) is 2.62. The normalized spacial score (nSPS) is 10.3. The number of rotatable bonds is 5. The molecular weight excluding hydrogens is 336 g/mol. The van der Waals surface area contributed by atoms with Crippen LogP contribution in [-0.2, 0) is 6.42 Å². The highest BCUT2D eigenvalue weighted by molar-refractivity contribution is 6.30. The number of carbonyl (C=O) groups excluding carboxylic acids is 1. The number of nitrogens with one attached hydrogen (secondary N) is 2. The summed E-state index contributed by atoms with van der Waals surface area (Å²) in [6.07, 6.45) is 2.44. The maximum absolute atomic E-state index is 12.4. The lowest BCUT2D eigenvalue weighted by Crippen LogP contribution is -2.14. The lowest BCUT2D eigenvalue weighted by atomic mass is 10.1. The van der Waals surface area contributed by atoms with Crippen LogP contribution in [0.3, 0.4) is 0 Å². The zero-order valence-electron chi connectivity index (χ0n) is 13.7. The second-order valence-electron chi connectivity index (χ2n) is 5.37. The van der Waals surface area contributed by atoms with E-state index in [-0.39, 0.29) is 11.6 Å². The molecule has 0 saturated heterocycles. The molecule has 1 heterocycles. The van der Waals surface area contributed by atoms with Crippen LogP contribution < -0.4 is 10.6 Å². The Hall–Kier alpha value is -2.92. The van der Waals surface area contributed by atoms with Gasteiger partial charge in [0.25, 0.3) is 5.91 Å². The fraction of sp³-hybridized carbons (Fsp3) is 0.105. The van der Waals surface area contributed by atoms with Gasteiger partial charge in [0, 0.05) is 22.6 Å². The van der Waals surface area contributed by atoms with Crippen molar-refractivity contribution in [2.24, 2.45) is 0 Å². The van der Waals surface area contributed by atoms with Gasteiger partial charge in [-0.1, -0.05) is 42.8 Å². The van der Waals surface area contributed by atoms with E-state index in [0.717, 1.165) is 17.7 Å². The molecule has 3 rings (SSSR count). The van der Waals surface area contributed by atoms with Crippen molar-refractivity contribution >= 4 is 34.8 Å². The smallest absolute Gasteiger partial charge is 0.274 e. The molecule has 1 amide bonds. The Morgan fingerprint density at radius 3 is 2.76 bits per heavy atom. The molecule has 0 aliphatic rings. The largest absolute Gasteiger partial charge is 0.324 e. The highest BCUT2D eigenvalue weighted by Crippen LogP contribution is 2.19. The predicted octanol–water partition coefficient (Wildman–Crippen LogP) is 4.69. The van der Waals surface area contributed by atoms with Gasteiger partial charge in [-0.3, -0.25) is 4.79 Å². The van der Waals surface area contributed by atoms with Crippen molar-refractivity contribution < 1.29 is 4.79 Å². The van der Waals surface area contributed by atoms with Gasteiger partial charge < -0.3 is 10.6 Å². The number of aromatic nitrogens is 2. The highest BCUT2D eigenvalue weighted by Gasteiger charge is 2.10. The molecule has 0 saturated carbocycles. The van der Waals surface area contributed by atoms with Crippen LogP contribution in [0.5, 0.6) is 0 Å². The molecule has 0 aliphatic heterocycles. The molecule has 2 N–H and O–H groups in total. The minimum Gasteiger partial charge on any atom is -0.324 e. The molecule has 0 fully saturated rings. The molecule has 0 unspecified atom stereocenters. The van der Waals surface area contributed by atoms with Crippen molar-refractivity contribution in [3.05, 3.63) is 77.1 Å². The molecule has 126 valence electrons. The number of hydrogen-bond donors (Lipinski definition) is 2. The van der Waals surface area contributed by atoms with Crippen molar-refractivity contribution in [1.82, 2.24) is 9.97 Å². The number of carbonyl (C=O) groups is 1. The summed E-state index contributed by atoms with van der Waals surface area (Å²) in [5.41, 5.74) is 2.96. The Bertz CT molecular complexity index is 898. The van der Waals surface area contributed by atoms with Crippen molar-refractivity contribution in [3.63, 3.8) is 0 Å². The Labute approximate surface area is 151 Å². The Balaban J connectivity index is 1.78. The highest BCUT2D eigenvalue weighted by atomic mass is 35.5. The zero-order valence-corrected chi connectivity index (χ0v) is 14.4. The standard InChI is InChI=1S/C19H17ClN4O/c1-2-13-6-3-4-9-16(13)23-19-21-11-10-17(24-19)18(25)22-15-8-5-7-14(20)12-15/h3-12H,2H2,1H3,(H,22,25)(H,21,23,24). The monoisotopic (exact) mass is 352 g/mol. The number of amides is 1. The predicted molar refractivity (Wildman–Crippen MR) is 101 cm³/mol. The van der Waals surface area contributed by atoms with Crippen LogP contribution in [0.1, 0.15) is 23.0 Å². The van der Waals surface area contributed by atoms with Gasteiger partial charge in [0.2, 0.25) is 5.95 Å². The Kier molecular flexibility index (Phi) is 5.26. The van der Waals surface area contributed by atoms with Crippen molar-refractivity contribution in [3.8, 4) is 0 Å². The van der Waals surface area contributed by atoms with Gasteiger partial charge >= 0.3 is 0 Å². The third-order valence-corrected chi connectivity index (χ3v) is 3.85. The van der Waals surface area contributed by atoms with E-state index in [2.05, 4.69) is 27.5 Å². The zero-order chi connectivity index (χ0) is 17.6. The second-order valence-corrected chi connectivity index (χ2v) is 5.80.